The second-order valence-electron chi connectivity index (χ2n) is 36.7. The van der Waals surface area contributed by atoms with Crippen LogP contribution in [0.3, 0.4) is 0 Å². The van der Waals surface area contributed by atoms with Crippen molar-refractivity contribution in [2.45, 2.75) is 233 Å². The van der Waals surface area contributed by atoms with Crippen molar-refractivity contribution in [1.82, 2.24) is 42.1 Å². The average molecular weight is 1990 g/mol. The first kappa shape index (κ1) is 107. The maximum absolute atomic E-state index is 16.8. The number of aliphatic hydroxyl groups excluding tert-OH is 11. The Morgan fingerprint density at radius 3 is 1.93 bits per heavy atom. The molecule has 0 aliphatic carbocycles. The predicted octanol–water partition coefficient (Wildman–Crippen LogP) is 4.92. The van der Waals surface area contributed by atoms with E-state index in [1.54, 1.807) is 47.0 Å². The van der Waals surface area contributed by atoms with Crippen molar-refractivity contribution in [3.05, 3.63) is 175 Å². The van der Waals surface area contributed by atoms with Crippen LogP contribution in [-0.4, -0.2) is 267 Å². The zero-order valence-corrected chi connectivity index (χ0v) is 79.6. The number of Topliss-reactive ketones (excluding diaryl/α,β-unsaturated/α-hetero) is 3. The van der Waals surface area contributed by atoms with Gasteiger partial charge in [0, 0.05) is 79.3 Å². The maximum Gasteiger partial charge on any atom is 0.247 e. The quantitative estimate of drug-likeness (QED) is 0.0243. The van der Waals surface area contributed by atoms with Crippen LogP contribution in [0.2, 0.25) is 15.1 Å². The molecule has 6 amide bonds. The second kappa shape index (κ2) is 47.3. The number of ketones is 3. The summed E-state index contributed by atoms with van der Waals surface area (Å²) < 4.78 is 40.0. The van der Waals surface area contributed by atoms with E-state index in [9.17, 15) is 85.9 Å². The molecule has 7 aromatic rings. The Kier molecular flexibility index (Phi) is 36.5. The monoisotopic (exact) mass is 1990 g/mol. The number of ether oxygens (including phenoxy) is 6. The molecular formula is C98H120Cl3N9O29. The number of halogens is 3. The lowest BCUT2D eigenvalue weighted by Crippen LogP contribution is -2.65. The molecule has 7 heterocycles. The van der Waals surface area contributed by atoms with Crippen molar-refractivity contribution >= 4 is 87.6 Å². The topological polar surface area (TPSA) is 606 Å². The lowest BCUT2D eigenvalue weighted by molar-refractivity contribution is -0.334. The number of unbranched alkanes of at least 4 members (excludes halogenated alkanes) is 1. The molecule has 2 fully saturated rings. The molecule has 4 unspecified atom stereocenters. The van der Waals surface area contributed by atoms with Crippen LogP contribution in [-0.2, 0) is 70.5 Å². The third-order valence-corrected chi connectivity index (χ3v) is 26.5. The van der Waals surface area contributed by atoms with E-state index < -0.39 is 287 Å². The predicted molar refractivity (Wildman–Crippen MR) is 503 cm³/mol. The van der Waals surface area contributed by atoms with E-state index in [4.69, 9.17) is 69.0 Å². The fourth-order valence-electron chi connectivity index (χ4n) is 17.7. The van der Waals surface area contributed by atoms with Crippen LogP contribution < -0.4 is 57.2 Å². The first-order valence-electron chi connectivity index (χ1n) is 45.8. The Bertz CT molecular complexity index is 5590. The number of aliphatic hydroxyl groups is 11. The summed E-state index contributed by atoms with van der Waals surface area (Å²) in [4.78, 5) is 138. The van der Waals surface area contributed by atoms with Crippen LogP contribution in [0.1, 0.15) is 168 Å². The van der Waals surface area contributed by atoms with Crippen LogP contribution in [0.4, 0.5) is 0 Å². The van der Waals surface area contributed by atoms with Crippen molar-refractivity contribution in [2.24, 2.45) is 23.5 Å². The zero-order valence-electron chi connectivity index (χ0n) is 77.3. The van der Waals surface area contributed by atoms with Crippen molar-refractivity contribution in [3.63, 3.8) is 0 Å². The van der Waals surface area contributed by atoms with E-state index in [1.165, 1.54) is 30.3 Å². The molecule has 0 saturated carbocycles. The van der Waals surface area contributed by atoms with Gasteiger partial charge in [-0.25, -0.2) is 0 Å². The number of aromatic hydroxyl groups is 3. The lowest BCUT2D eigenvalue weighted by Gasteiger charge is -2.48. The van der Waals surface area contributed by atoms with E-state index in [0.29, 0.717) is 24.4 Å². The molecule has 14 rings (SSSR count). The number of nitrogens with zero attached hydrogens (tertiary/aromatic N) is 1. The SMILES string of the molecule is CC[C@H](CC(C)C)C(=O)N[C@H]1C(=O)C[C@@H](CC(N)=O)C(=O)N[C@H]2C(=O)C[C@@H]3C(=O)N[C@H](C(=O)NC(C(=O)NCCCN(C)C)c4cc(O)c(CNCCCCC(=O)[C@H](O)[C@@H](O)[C@H](O)[C@H](O)CO)c(O)c4-c4cc3ccc4O)[C@H](O)c3ccc(c(Cl)c3)Oc3cc2cc(c3O[C@@H]2O[C@H](CO)C(O)C(O)[C@H]2O[C@H]2CC(C)(NCc3ccc(-c4ccc(Cl)cc4)cc3)[C@H](O)[C@H](C)O2)Oc2ccc(cc2Cl)[C@H]1O. The summed E-state index contributed by atoms with van der Waals surface area (Å²) in [5.41, 5.74) is 4.55. The Morgan fingerprint density at radius 2 is 1.32 bits per heavy atom. The first-order valence-corrected chi connectivity index (χ1v) is 47.0. The van der Waals surface area contributed by atoms with Crippen LogP contribution in [0.25, 0.3) is 22.3 Å². The highest BCUT2D eigenvalue weighted by Gasteiger charge is 2.53. The number of carbonyl (C=O) groups is 9. The van der Waals surface area contributed by atoms with Crippen molar-refractivity contribution in [3.8, 4) is 68.2 Å². The summed E-state index contributed by atoms with van der Waals surface area (Å²) in [5, 5.41) is 180. The third kappa shape index (κ3) is 25.6. The van der Waals surface area contributed by atoms with Gasteiger partial charge in [-0.05, 0) is 190 Å². The molecule has 22 atom stereocenters. The highest BCUT2D eigenvalue weighted by atomic mass is 35.5. The van der Waals surface area contributed by atoms with Crippen LogP contribution in [0.15, 0.2) is 121 Å². The number of nitrogens with one attached hydrogen (secondary N) is 7. The Morgan fingerprint density at radius 1 is 0.676 bits per heavy atom. The van der Waals surface area contributed by atoms with E-state index in [-0.39, 0.29) is 96.4 Å². The Labute approximate surface area is 815 Å². The summed E-state index contributed by atoms with van der Waals surface area (Å²) >= 11 is 20.8. The largest absolute Gasteiger partial charge is 0.507 e. The Balaban J connectivity index is 1.02. The number of phenols is 3. The highest BCUT2D eigenvalue weighted by Crippen LogP contribution is 2.52. The minimum atomic E-state index is -2.29. The number of fused-ring (bicyclic) bond motifs is 15. The van der Waals surface area contributed by atoms with Crippen LogP contribution in [0.5, 0.6) is 46.0 Å². The molecule has 7 aliphatic rings. The number of benzene rings is 7. The molecule has 7 aromatic carbocycles. The summed E-state index contributed by atoms with van der Waals surface area (Å²) in [6.45, 7) is 6.86. The second-order valence-corrected chi connectivity index (χ2v) is 37.9. The Hall–Kier alpha value is -10.6. The zero-order chi connectivity index (χ0) is 101. The van der Waals surface area contributed by atoms with Gasteiger partial charge < -0.3 is 148 Å². The molecule has 2 saturated heterocycles. The standard InChI is InChI=1S/C98H120Cl3N9O29/c1-8-48(30-45(2)3)92(129)108-79-66(116)34-55(37-74(102)119)93(130)106-77-54-35-71(135-69-25-20-52(81(79)120)32-61(69)100)89(139-97-90(88(127)86(125)73(44-112)137-97)138-75-40-98(5,91(128)46(4)134-75)105-41-47-13-15-49(16-14-47)50-17-22-56(99)23-18-50)72(36-54)136-70-26-21-53(33-62(70)101)82(121)80-96(133)107-78(95(132)104-28-11-29-110(6)7)59-39-65(115)60(42-103-27-10-9-12-64(114)84(123)87(126)85(124)68(118)43-111)83(122)76(59)58-31-51(19-24-63(58)113)57(38-67(77)117)94(131)109-80/h13-26,31-33,35-36,39,45-46,48,55,57,68,73,75,77-82,84-88,90-91,97,103,105,111-113,115,118,120-128H,8-12,27-30,34,37-38,40-44H2,1-7H3,(H2,102,119)(H,104,132)(H,106,130)(H,107,133)(H,108,129)(H,109,131)/t46-,48+,55-,57-,68+,73+,75-,77+,78?,79-,80-,81+,82+,84-,85+,86?,87+,88?,90+,91+,97-,98?/m0/s1. The molecule has 0 radical (unpaired) electrons. The molecule has 7 aliphatic heterocycles. The number of hydrogen-bond acceptors (Lipinski definition) is 32. The van der Waals surface area contributed by atoms with Gasteiger partial charge in [-0.1, -0.05) is 110 Å². The van der Waals surface area contributed by atoms with Gasteiger partial charge in [-0.15, -0.1) is 0 Å². The number of phenolic OH excluding ortho intramolecular Hbond substituents is 3. The normalized spacial score (nSPS) is 25.7. The molecule has 41 heteroatoms. The number of nitrogens with two attached hydrogens (primary N) is 1. The van der Waals surface area contributed by atoms with E-state index in [2.05, 4.69) is 37.2 Å². The fraction of sp³-hybridized carbons (Fsp3) is 0.480. The first-order chi connectivity index (χ1) is 66.0. The molecule has 752 valence electrons. The van der Waals surface area contributed by atoms with Gasteiger partial charge in [0.05, 0.1) is 52.9 Å². The van der Waals surface area contributed by atoms with Gasteiger partial charge in [-0.3, -0.25) is 43.2 Å². The summed E-state index contributed by atoms with van der Waals surface area (Å²) in [7, 11) is 3.55. The average Bonchev–Trinajstić information content (AvgIpc) is 0.754. The molecule has 23 N–H and O–H groups in total. The van der Waals surface area contributed by atoms with E-state index in [1.807, 2.05) is 55.1 Å². The van der Waals surface area contributed by atoms with Crippen molar-refractivity contribution in [1.29, 1.82) is 0 Å². The van der Waals surface area contributed by atoms with Crippen LogP contribution in [0, 0.1) is 17.8 Å². The highest BCUT2D eigenvalue weighted by molar-refractivity contribution is 6.32. The number of amides is 6. The van der Waals surface area contributed by atoms with Gasteiger partial charge in [0.15, 0.2) is 41.2 Å². The number of rotatable bonds is 33. The van der Waals surface area contributed by atoms with Crippen LogP contribution >= 0.6 is 34.8 Å². The van der Waals surface area contributed by atoms with Gasteiger partial charge in [0.1, 0.15) is 108 Å². The molecule has 139 heavy (non-hydrogen) atoms. The molecular weight excluding hydrogens is 1870 g/mol. The molecule has 11 bridgehead atoms. The van der Waals surface area contributed by atoms with Gasteiger partial charge in [-0.2, -0.15) is 0 Å². The third-order valence-electron chi connectivity index (χ3n) is 25.7. The van der Waals surface area contributed by atoms with E-state index in [0.717, 1.165) is 59.2 Å². The van der Waals surface area contributed by atoms with Crippen molar-refractivity contribution < 1.29 is 143 Å². The maximum atomic E-state index is 16.8. The smallest absolute Gasteiger partial charge is 0.247 e. The van der Waals surface area contributed by atoms with Crippen molar-refractivity contribution in [2.75, 3.05) is 46.9 Å². The minimum Gasteiger partial charge on any atom is -0.507 e. The fourth-order valence-corrected chi connectivity index (χ4v) is 18.3. The summed E-state index contributed by atoms with van der Waals surface area (Å²) in [5.74, 6) is -19.6. The molecule has 38 nitrogen and oxygen atoms in total. The molecule has 0 spiro atoms. The summed E-state index contributed by atoms with van der Waals surface area (Å²) in [6.07, 6.45) is -28.7. The number of primary amides is 1. The molecule has 0 aromatic heterocycles. The van der Waals surface area contributed by atoms with E-state index >= 15 is 28.8 Å². The van der Waals surface area contributed by atoms with Gasteiger partial charge in [0.2, 0.25) is 47.5 Å². The van der Waals surface area contributed by atoms with Gasteiger partial charge in [0.25, 0.3) is 0 Å². The number of carbonyl (C=O) groups excluding carboxylic acids is 9. The van der Waals surface area contributed by atoms with Gasteiger partial charge >= 0.3 is 0 Å². The summed E-state index contributed by atoms with van der Waals surface area (Å²) in [6, 6.07) is 20.1. The number of hydrogen-bond donors (Lipinski definition) is 22. The lowest BCUT2D eigenvalue weighted by atomic mass is 9.84. The minimum absolute atomic E-state index is 0.0102.